The second-order valence-corrected chi connectivity index (χ2v) is 14.0. The Kier molecular flexibility index (Phi) is 3.66. The zero-order chi connectivity index (χ0) is 10.7. The fraction of sp³-hybridized carbons (Fsp3) is 0.455. The predicted molar refractivity (Wildman–Crippen MR) is 59.2 cm³/mol. The van der Waals surface area contributed by atoms with E-state index < -0.39 is 19.2 Å². The molecule has 0 aromatic heterocycles. The van der Waals surface area contributed by atoms with Gasteiger partial charge in [0.15, 0.2) is 0 Å². The minimum absolute atomic E-state index is 0.304. The molecule has 1 atom stereocenters. The Balaban J connectivity index is 2.10. The van der Waals surface area contributed by atoms with Crippen LogP contribution in [0.4, 0.5) is 0 Å². The van der Waals surface area contributed by atoms with Crippen LogP contribution in [0.15, 0.2) is 30.3 Å². The van der Waals surface area contributed by atoms with E-state index >= 15 is 0 Å². The van der Waals surface area contributed by atoms with Gasteiger partial charge >= 0.3 is 95.3 Å². The summed E-state index contributed by atoms with van der Waals surface area (Å²) in [6.45, 7) is 4.24. The molecule has 1 unspecified atom stereocenters. The summed E-state index contributed by atoms with van der Waals surface area (Å²) in [5.41, 5.74) is 1.04. The van der Waals surface area contributed by atoms with Crippen LogP contribution in [0.3, 0.4) is 0 Å². The van der Waals surface area contributed by atoms with Gasteiger partial charge in [0.1, 0.15) is 0 Å². The predicted octanol–water partition coefficient (Wildman–Crippen LogP) is 3.15. The molecule has 0 radical (unpaired) electrons. The second-order valence-electron chi connectivity index (χ2n) is 3.66. The summed E-state index contributed by atoms with van der Waals surface area (Å²) in [5, 5.41) is 0. The molecule has 1 aromatic rings. The molecular formula is C11H16O3Sn. The summed E-state index contributed by atoms with van der Waals surface area (Å²) in [5.74, 6) is 0. The van der Waals surface area contributed by atoms with Gasteiger partial charge in [0.25, 0.3) is 0 Å². The Hall–Kier alpha value is -0.101. The van der Waals surface area contributed by atoms with Gasteiger partial charge in [0.05, 0.1) is 0 Å². The van der Waals surface area contributed by atoms with Crippen LogP contribution in [0.2, 0.25) is 8.87 Å². The van der Waals surface area contributed by atoms with Crippen LogP contribution in [0.1, 0.15) is 25.7 Å². The molecule has 15 heavy (non-hydrogen) atoms. The van der Waals surface area contributed by atoms with Gasteiger partial charge in [-0.2, -0.15) is 0 Å². The summed E-state index contributed by atoms with van der Waals surface area (Å²) < 4.78 is 13.5. The average Bonchev–Trinajstić information content (AvgIpc) is 2.75. The first-order valence-corrected chi connectivity index (χ1v) is 11.7. The van der Waals surface area contributed by atoms with Gasteiger partial charge in [-0.15, -0.1) is 0 Å². The third kappa shape index (κ3) is 2.36. The normalized spacial score (nSPS) is 24.3. The van der Waals surface area contributed by atoms with Crippen LogP contribution >= 0.6 is 0 Å². The molecular weight excluding hydrogens is 299 g/mol. The average molecular weight is 315 g/mol. The summed E-state index contributed by atoms with van der Waals surface area (Å²) >= 11 is -2.81. The Bertz CT molecular complexity index is 311. The first-order valence-electron chi connectivity index (χ1n) is 5.37. The Morgan fingerprint density at radius 2 is 1.80 bits per heavy atom. The molecule has 1 aliphatic rings. The summed E-state index contributed by atoms with van der Waals surface area (Å²) in [6.07, 6.45) is -0.304. The molecule has 3 nitrogen and oxygen atoms in total. The van der Waals surface area contributed by atoms with Crippen molar-refractivity contribution in [3.63, 3.8) is 0 Å². The standard InChI is InChI=1S/C7H7O3.2C2H5.Sn/c8-7(10-9)6-4-2-1-3-5-6;2*1-2;/h1-5,7,9H;2*1H2,2H3;/q-1;;;+2/p-1. The molecule has 82 valence electrons. The molecule has 0 saturated carbocycles. The van der Waals surface area contributed by atoms with Gasteiger partial charge in [-0.25, -0.2) is 0 Å². The Morgan fingerprint density at radius 3 is 2.33 bits per heavy atom. The molecule has 0 bridgehead atoms. The summed E-state index contributed by atoms with van der Waals surface area (Å²) in [4.78, 5) is 5.31. The third-order valence-corrected chi connectivity index (χ3v) is 11.9. The molecule has 0 spiro atoms. The summed E-state index contributed by atoms with van der Waals surface area (Å²) in [7, 11) is 0. The van der Waals surface area contributed by atoms with Gasteiger partial charge in [-0.1, -0.05) is 0 Å². The zero-order valence-electron chi connectivity index (χ0n) is 9.10. The number of hydrogen-bond donors (Lipinski definition) is 0. The van der Waals surface area contributed by atoms with Gasteiger partial charge in [0, 0.05) is 0 Å². The van der Waals surface area contributed by atoms with E-state index in [0.717, 1.165) is 14.4 Å². The Labute approximate surface area is 95.2 Å². The van der Waals surface area contributed by atoms with Crippen molar-refractivity contribution in [1.29, 1.82) is 0 Å². The van der Waals surface area contributed by atoms with E-state index in [1.165, 1.54) is 0 Å². The first kappa shape index (κ1) is 11.4. The zero-order valence-corrected chi connectivity index (χ0v) is 12.0. The van der Waals surface area contributed by atoms with Crippen LogP contribution < -0.4 is 0 Å². The van der Waals surface area contributed by atoms with E-state index in [9.17, 15) is 0 Å². The number of hydrogen-bond acceptors (Lipinski definition) is 3. The molecule has 2 rings (SSSR count). The molecule has 4 heteroatoms. The topological polar surface area (TPSA) is 27.7 Å². The fourth-order valence-electron chi connectivity index (χ4n) is 1.63. The maximum absolute atomic E-state index is 6.00. The van der Waals surface area contributed by atoms with Crippen molar-refractivity contribution in [3.8, 4) is 0 Å². The van der Waals surface area contributed by atoms with E-state index in [0.29, 0.717) is 0 Å². The van der Waals surface area contributed by atoms with Crippen molar-refractivity contribution in [2.24, 2.45) is 0 Å². The molecule has 1 aromatic carbocycles. The van der Waals surface area contributed by atoms with E-state index in [2.05, 4.69) is 13.8 Å². The van der Waals surface area contributed by atoms with Gasteiger partial charge in [-0.05, 0) is 0 Å². The van der Waals surface area contributed by atoms with E-state index in [1.807, 2.05) is 30.3 Å². The summed E-state index contributed by atoms with van der Waals surface area (Å²) in [6, 6.07) is 9.95. The first-order chi connectivity index (χ1) is 7.29. The molecule has 1 heterocycles. The van der Waals surface area contributed by atoms with Gasteiger partial charge in [0.2, 0.25) is 0 Å². The second kappa shape index (κ2) is 4.82. The molecule has 1 aliphatic heterocycles. The third-order valence-electron chi connectivity index (χ3n) is 2.76. The van der Waals surface area contributed by atoms with Crippen LogP contribution in [0.25, 0.3) is 0 Å². The van der Waals surface area contributed by atoms with Crippen molar-refractivity contribution in [2.45, 2.75) is 29.0 Å². The van der Waals surface area contributed by atoms with Crippen molar-refractivity contribution in [2.75, 3.05) is 0 Å². The van der Waals surface area contributed by atoms with Gasteiger partial charge in [-0.3, -0.25) is 0 Å². The molecule has 0 aliphatic carbocycles. The van der Waals surface area contributed by atoms with Crippen LogP contribution in [0, 0.1) is 0 Å². The quantitative estimate of drug-likeness (QED) is 0.633. The monoisotopic (exact) mass is 316 g/mol. The van der Waals surface area contributed by atoms with Crippen molar-refractivity contribution in [3.05, 3.63) is 35.9 Å². The van der Waals surface area contributed by atoms with Crippen LogP contribution in [-0.4, -0.2) is 19.2 Å². The molecule has 0 amide bonds. The number of benzene rings is 1. The van der Waals surface area contributed by atoms with Crippen molar-refractivity contribution < 1.29 is 11.2 Å². The van der Waals surface area contributed by atoms with Gasteiger partial charge < -0.3 is 0 Å². The Morgan fingerprint density at radius 1 is 1.13 bits per heavy atom. The van der Waals surface area contributed by atoms with Crippen LogP contribution in [-0.2, 0) is 11.2 Å². The SMILES string of the molecule is C[CH2][Sn]1([CH2]C)[O]OC(c2ccccc2)[O]1. The molecule has 0 N–H and O–H groups in total. The van der Waals surface area contributed by atoms with E-state index in [4.69, 9.17) is 11.2 Å². The molecule has 1 fully saturated rings. The van der Waals surface area contributed by atoms with E-state index in [-0.39, 0.29) is 6.29 Å². The maximum atomic E-state index is 6.00. The molecule has 1 saturated heterocycles. The minimum atomic E-state index is -2.81. The fourth-order valence-corrected chi connectivity index (χ4v) is 7.16. The van der Waals surface area contributed by atoms with Crippen molar-refractivity contribution >= 4 is 19.2 Å². The van der Waals surface area contributed by atoms with E-state index in [1.54, 1.807) is 0 Å². The number of rotatable bonds is 3. The van der Waals surface area contributed by atoms with Crippen molar-refractivity contribution in [1.82, 2.24) is 0 Å². The van der Waals surface area contributed by atoms with Crippen LogP contribution in [0.5, 0.6) is 0 Å².